The minimum absolute atomic E-state index is 0.145. The molecule has 1 amide bonds. The van der Waals surface area contributed by atoms with Crippen molar-refractivity contribution in [2.75, 3.05) is 10.6 Å². The molecule has 0 saturated heterocycles. The van der Waals surface area contributed by atoms with Gasteiger partial charge in [-0.25, -0.2) is 0 Å². The number of nitrogens with one attached hydrogen (secondary N) is 4. The Kier molecular flexibility index (Phi) is 8.70. The van der Waals surface area contributed by atoms with Crippen molar-refractivity contribution in [1.29, 1.82) is 5.41 Å². The van der Waals surface area contributed by atoms with E-state index in [0.717, 1.165) is 11.1 Å². The fourth-order valence-corrected chi connectivity index (χ4v) is 3.75. The van der Waals surface area contributed by atoms with E-state index in [9.17, 15) is 14.7 Å². The van der Waals surface area contributed by atoms with E-state index >= 15 is 0 Å². The Bertz CT molecular complexity index is 1380. The molecule has 5 N–H and O–H groups in total. The molecular formula is C30H28N4O4. The van der Waals surface area contributed by atoms with Crippen LogP contribution in [0, 0.1) is 5.41 Å². The number of para-hydroxylation sites is 2. The second kappa shape index (κ2) is 12.7. The highest BCUT2D eigenvalue weighted by Gasteiger charge is 2.19. The normalized spacial score (nSPS) is 11.2. The molecule has 0 fully saturated rings. The minimum Gasteiger partial charge on any atom is -0.483 e. The zero-order valence-electron chi connectivity index (χ0n) is 20.6. The minimum atomic E-state index is -0.989. The Balaban J connectivity index is 1.38. The van der Waals surface area contributed by atoms with E-state index in [1.54, 1.807) is 60.7 Å². The van der Waals surface area contributed by atoms with Gasteiger partial charge in [-0.05, 0) is 47.5 Å². The number of rotatable bonds is 10. The molecule has 8 nitrogen and oxygen atoms in total. The summed E-state index contributed by atoms with van der Waals surface area (Å²) in [5.41, 5.74) is 3.30. The summed E-state index contributed by atoms with van der Waals surface area (Å²) >= 11 is 0. The van der Waals surface area contributed by atoms with E-state index in [-0.39, 0.29) is 18.3 Å². The van der Waals surface area contributed by atoms with Crippen molar-refractivity contribution in [3.63, 3.8) is 0 Å². The van der Waals surface area contributed by atoms with Gasteiger partial charge >= 0.3 is 5.97 Å². The standard InChI is InChI=1S/C30H28N4O4/c31-30(32-20-21-9-3-1-4-10-21)33-24-17-15-23(16-18-24)29(37)34-25-13-7-8-14-26(25)38-27(19-28(35)36)22-11-5-2-6-12-22/h1-18,27H,19-20H2,(H,34,37)(H,35,36)(H3,31,32,33). The van der Waals surface area contributed by atoms with Crippen LogP contribution in [-0.4, -0.2) is 22.9 Å². The van der Waals surface area contributed by atoms with Crippen LogP contribution in [0.3, 0.4) is 0 Å². The van der Waals surface area contributed by atoms with Crippen molar-refractivity contribution in [3.8, 4) is 5.75 Å². The van der Waals surface area contributed by atoms with Crippen molar-refractivity contribution in [3.05, 3.63) is 126 Å². The van der Waals surface area contributed by atoms with E-state index in [4.69, 9.17) is 10.1 Å². The van der Waals surface area contributed by atoms with Crippen LogP contribution in [0.1, 0.15) is 34.0 Å². The fourth-order valence-electron chi connectivity index (χ4n) is 3.75. The highest BCUT2D eigenvalue weighted by atomic mass is 16.5. The first-order valence-electron chi connectivity index (χ1n) is 12.0. The van der Waals surface area contributed by atoms with Crippen molar-refractivity contribution in [2.24, 2.45) is 0 Å². The Morgan fingerprint density at radius 1 is 0.789 bits per heavy atom. The molecule has 0 aliphatic heterocycles. The lowest BCUT2D eigenvalue weighted by Gasteiger charge is -2.20. The van der Waals surface area contributed by atoms with Gasteiger partial charge in [-0.1, -0.05) is 72.8 Å². The summed E-state index contributed by atoms with van der Waals surface area (Å²) in [6.45, 7) is 0.520. The summed E-state index contributed by atoms with van der Waals surface area (Å²) in [7, 11) is 0. The lowest BCUT2D eigenvalue weighted by atomic mass is 10.1. The predicted octanol–water partition coefficient (Wildman–Crippen LogP) is 5.67. The lowest BCUT2D eigenvalue weighted by molar-refractivity contribution is -0.138. The SMILES string of the molecule is N=C(NCc1ccccc1)Nc1ccc(C(=O)Nc2ccccc2OC(CC(=O)O)c2ccccc2)cc1. The second-order valence-electron chi connectivity index (χ2n) is 8.48. The Labute approximate surface area is 220 Å². The third-order valence-electron chi connectivity index (χ3n) is 5.66. The first-order valence-corrected chi connectivity index (χ1v) is 12.0. The van der Waals surface area contributed by atoms with E-state index < -0.39 is 12.1 Å². The highest BCUT2D eigenvalue weighted by molar-refractivity contribution is 6.05. The number of ether oxygens (including phenoxy) is 1. The first kappa shape index (κ1) is 26.0. The van der Waals surface area contributed by atoms with E-state index in [1.807, 2.05) is 48.5 Å². The molecule has 1 atom stereocenters. The Morgan fingerprint density at radius 2 is 1.42 bits per heavy atom. The van der Waals surface area contributed by atoms with Crippen molar-refractivity contribution in [2.45, 2.75) is 19.1 Å². The predicted molar refractivity (Wildman–Crippen MR) is 148 cm³/mol. The zero-order valence-corrected chi connectivity index (χ0v) is 20.6. The number of carboxylic acid groups (broad SMARTS) is 1. The molecule has 0 radical (unpaired) electrons. The van der Waals surface area contributed by atoms with E-state index in [0.29, 0.717) is 29.2 Å². The topological polar surface area (TPSA) is 124 Å². The maximum Gasteiger partial charge on any atom is 0.307 e. The number of guanidine groups is 1. The summed E-state index contributed by atoms with van der Waals surface area (Å²) < 4.78 is 6.06. The number of benzene rings is 4. The molecule has 38 heavy (non-hydrogen) atoms. The maximum absolute atomic E-state index is 13.0. The number of hydrogen-bond acceptors (Lipinski definition) is 4. The molecule has 4 aromatic carbocycles. The molecule has 0 saturated carbocycles. The van der Waals surface area contributed by atoms with Gasteiger partial charge in [0.25, 0.3) is 5.91 Å². The summed E-state index contributed by atoms with van der Waals surface area (Å²) in [5, 5.41) is 26.3. The highest BCUT2D eigenvalue weighted by Crippen LogP contribution is 2.31. The molecule has 0 heterocycles. The Hall–Kier alpha value is -5.11. The van der Waals surface area contributed by atoms with Crippen LogP contribution in [0.4, 0.5) is 11.4 Å². The van der Waals surface area contributed by atoms with Crippen molar-refractivity contribution >= 4 is 29.2 Å². The average molecular weight is 509 g/mol. The van der Waals surface area contributed by atoms with Crippen LogP contribution < -0.4 is 20.7 Å². The molecule has 1 unspecified atom stereocenters. The van der Waals surface area contributed by atoms with Gasteiger partial charge in [0, 0.05) is 17.8 Å². The average Bonchev–Trinajstić information content (AvgIpc) is 2.94. The van der Waals surface area contributed by atoms with E-state index in [1.165, 1.54) is 0 Å². The van der Waals surface area contributed by atoms with Gasteiger partial charge in [-0.2, -0.15) is 0 Å². The third kappa shape index (κ3) is 7.44. The molecule has 192 valence electrons. The van der Waals surface area contributed by atoms with Crippen LogP contribution in [0.25, 0.3) is 0 Å². The van der Waals surface area contributed by atoms with Gasteiger partial charge in [-0.3, -0.25) is 15.0 Å². The van der Waals surface area contributed by atoms with Crippen molar-refractivity contribution in [1.82, 2.24) is 5.32 Å². The number of hydrogen-bond donors (Lipinski definition) is 5. The number of carbonyl (C=O) groups excluding carboxylic acids is 1. The second-order valence-corrected chi connectivity index (χ2v) is 8.48. The monoisotopic (exact) mass is 508 g/mol. The summed E-state index contributed by atoms with van der Waals surface area (Å²) in [4.78, 5) is 24.4. The molecule has 0 aliphatic rings. The molecule has 0 aromatic heterocycles. The van der Waals surface area contributed by atoms with Gasteiger partial charge in [0.1, 0.15) is 11.9 Å². The summed E-state index contributed by atoms with van der Waals surface area (Å²) in [6.07, 6.45) is -0.946. The lowest BCUT2D eigenvalue weighted by Crippen LogP contribution is -2.29. The quantitative estimate of drug-likeness (QED) is 0.139. The molecule has 8 heteroatoms. The molecule has 4 rings (SSSR count). The van der Waals surface area contributed by atoms with Gasteiger partial charge in [-0.15, -0.1) is 0 Å². The smallest absolute Gasteiger partial charge is 0.307 e. The van der Waals surface area contributed by atoms with Gasteiger partial charge in [0.05, 0.1) is 12.1 Å². The van der Waals surface area contributed by atoms with Crippen LogP contribution >= 0.6 is 0 Å². The maximum atomic E-state index is 13.0. The number of aliphatic carboxylic acids is 1. The molecular weight excluding hydrogens is 480 g/mol. The number of carboxylic acids is 1. The summed E-state index contributed by atoms with van der Waals surface area (Å²) in [6, 6.07) is 32.5. The van der Waals surface area contributed by atoms with Gasteiger partial charge < -0.3 is 25.8 Å². The largest absolute Gasteiger partial charge is 0.483 e. The van der Waals surface area contributed by atoms with Gasteiger partial charge in [0.15, 0.2) is 5.96 Å². The van der Waals surface area contributed by atoms with E-state index in [2.05, 4.69) is 16.0 Å². The zero-order chi connectivity index (χ0) is 26.7. The number of carbonyl (C=O) groups is 2. The van der Waals surface area contributed by atoms with Crippen LogP contribution in [0.5, 0.6) is 5.75 Å². The van der Waals surface area contributed by atoms with Gasteiger partial charge in [0.2, 0.25) is 0 Å². The fraction of sp³-hybridized carbons (Fsp3) is 0.100. The molecule has 0 spiro atoms. The van der Waals surface area contributed by atoms with Crippen LogP contribution in [0.15, 0.2) is 109 Å². The number of amides is 1. The first-order chi connectivity index (χ1) is 18.5. The molecule has 4 aromatic rings. The molecule has 0 bridgehead atoms. The van der Waals surface area contributed by atoms with Crippen LogP contribution in [-0.2, 0) is 11.3 Å². The van der Waals surface area contributed by atoms with Crippen LogP contribution in [0.2, 0.25) is 0 Å². The summed E-state index contributed by atoms with van der Waals surface area (Å²) in [5.74, 6) is -0.824. The third-order valence-corrected chi connectivity index (χ3v) is 5.66. The number of anilines is 2. The van der Waals surface area contributed by atoms with Crippen molar-refractivity contribution < 1.29 is 19.4 Å². The Morgan fingerprint density at radius 3 is 2.11 bits per heavy atom. The molecule has 0 aliphatic carbocycles.